The van der Waals surface area contributed by atoms with Crippen LogP contribution in [0.2, 0.25) is 0 Å². The minimum absolute atomic E-state index is 0.102. The molecule has 108 valence electrons. The van der Waals surface area contributed by atoms with Gasteiger partial charge in [-0.1, -0.05) is 42.5 Å². The Kier molecular flexibility index (Phi) is 4.67. The predicted molar refractivity (Wildman–Crippen MR) is 86.5 cm³/mol. The molecule has 0 atom stereocenters. The summed E-state index contributed by atoms with van der Waals surface area (Å²) in [5.41, 5.74) is 2.86. The molecule has 0 radical (unpaired) electrons. The molecule has 2 rings (SSSR count). The van der Waals surface area contributed by atoms with E-state index < -0.39 is 10.0 Å². The molecule has 5 heteroatoms. The van der Waals surface area contributed by atoms with Crippen molar-refractivity contribution in [3.63, 3.8) is 0 Å². The van der Waals surface area contributed by atoms with Crippen molar-refractivity contribution in [2.45, 2.75) is 4.90 Å². The highest BCUT2D eigenvalue weighted by Crippen LogP contribution is 2.17. The number of primary sulfonamides is 1. The highest BCUT2D eigenvalue weighted by atomic mass is 32.2. The molecular weight excluding hydrogens is 284 g/mol. The zero-order valence-electron chi connectivity index (χ0n) is 11.6. The van der Waals surface area contributed by atoms with Crippen LogP contribution in [0.4, 0.5) is 0 Å². The van der Waals surface area contributed by atoms with E-state index in [0.29, 0.717) is 0 Å². The lowest BCUT2D eigenvalue weighted by atomic mass is 10.0. The summed E-state index contributed by atoms with van der Waals surface area (Å²) in [6.45, 7) is 0. The molecule has 0 amide bonds. The van der Waals surface area contributed by atoms with Gasteiger partial charge in [-0.05, 0) is 29.3 Å². The molecule has 0 aliphatic carbocycles. The first-order valence-corrected chi connectivity index (χ1v) is 7.87. The molecule has 0 saturated carbocycles. The molecule has 0 aliphatic heterocycles. The number of hydrogen-bond donors (Lipinski definition) is 1. The quantitative estimate of drug-likeness (QED) is 0.696. The number of allylic oxidation sites excluding steroid dienone is 1. The topological polar surface area (TPSA) is 72.5 Å². The van der Waals surface area contributed by atoms with Gasteiger partial charge in [0.2, 0.25) is 10.0 Å². The van der Waals surface area contributed by atoms with E-state index in [1.165, 1.54) is 12.1 Å². The fourth-order valence-corrected chi connectivity index (χ4v) is 2.41. The molecule has 4 nitrogen and oxygen atoms in total. The normalized spacial score (nSPS) is 12.8. The number of hydrogen-bond acceptors (Lipinski definition) is 3. The van der Waals surface area contributed by atoms with Crippen molar-refractivity contribution in [3.8, 4) is 0 Å². The Hall–Kier alpha value is -2.24. The fourth-order valence-electron chi connectivity index (χ4n) is 1.90. The van der Waals surface area contributed by atoms with Gasteiger partial charge >= 0.3 is 0 Å². The zero-order chi connectivity index (χ0) is 15.3. The fraction of sp³-hybridized carbons (Fsp3) is 0.0625. The van der Waals surface area contributed by atoms with Crippen molar-refractivity contribution in [2.24, 2.45) is 10.1 Å². The van der Waals surface area contributed by atoms with E-state index in [2.05, 4.69) is 4.99 Å². The SMILES string of the molecule is CN=C/C(=C/c1ccc(S(N)(=O)=O)cc1)c1ccccc1. The highest BCUT2D eigenvalue weighted by Gasteiger charge is 2.06. The molecule has 0 saturated heterocycles. The highest BCUT2D eigenvalue weighted by molar-refractivity contribution is 7.89. The number of aliphatic imine (C=N–C) groups is 1. The van der Waals surface area contributed by atoms with Crippen LogP contribution in [0.5, 0.6) is 0 Å². The van der Waals surface area contributed by atoms with Gasteiger partial charge in [0.25, 0.3) is 0 Å². The van der Waals surface area contributed by atoms with E-state index in [1.807, 2.05) is 36.4 Å². The summed E-state index contributed by atoms with van der Waals surface area (Å²) in [6, 6.07) is 16.3. The lowest BCUT2D eigenvalue weighted by Gasteiger charge is -2.03. The summed E-state index contributed by atoms with van der Waals surface area (Å²) in [7, 11) is -1.95. The molecule has 0 aromatic heterocycles. The van der Waals surface area contributed by atoms with Gasteiger partial charge in [0.05, 0.1) is 4.90 Å². The van der Waals surface area contributed by atoms with Crippen molar-refractivity contribution in [2.75, 3.05) is 7.05 Å². The Morgan fingerprint density at radius 1 is 1.05 bits per heavy atom. The summed E-state index contributed by atoms with van der Waals surface area (Å²) in [5.74, 6) is 0. The van der Waals surface area contributed by atoms with Crippen LogP contribution in [-0.2, 0) is 10.0 Å². The van der Waals surface area contributed by atoms with Crippen molar-refractivity contribution in [1.82, 2.24) is 0 Å². The Morgan fingerprint density at radius 3 is 2.19 bits per heavy atom. The first kappa shape index (κ1) is 15.2. The third-order valence-corrected chi connectivity index (χ3v) is 3.84. The van der Waals surface area contributed by atoms with Crippen LogP contribution in [0.1, 0.15) is 11.1 Å². The molecule has 2 aromatic rings. The van der Waals surface area contributed by atoms with Crippen molar-refractivity contribution in [1.29, 1.82) is 0 Å². The largest absolute Gasteiger partial charge is 0.296 e. The van der Waals surface area contributed by atoms with E-state index in [-0.39, 0.29) is 4.90 Å². The minimum Gasteiger partial charge on any atom is -0.296 e. The Balaban J connectivity index is 2.40. The molecule has 0 fully saturated rings. The Labute approximate surface area is 124 Å². The molecule has 2 aromatic carbocycles. The molecule has 0 heterocycles. The molecule has 21 heavy (non-hydrogen) atoms. The minimum atomic E-state index is -3.66. The standard InChI is InChI=1S/C16H16N2O2S/c1-18-12-15(14-5-3-2-4-6-14)11-13-7-9-16(10-8-13)21(17,19)20/h2-12H,1H3,(H2,17,19,20)/b15-11-,18-12?. The summed E-state index contributed by atoms with van der Waals surface area (Å²) in [6.07, 6.45) is 3.71. The average Bonchev–Trinajstić information content (AvgIpc) is 2.47. The number of nitrogens with zero attached hydrogens (tertiary/aromatic N) is 1. The number of benzene rings is 2. The van der Waals surface area contributed by atoms with Crippen molar-refractivity contribution in [3.05, 3.63) is 65.7 Å². The van der Waals surface area contributed by atoms with Crippen LogP contribution in [0, 0.1) is 0 Å². The van der Waals surface area contributed by atoms with E-state index in [4.69, 9.17) is 5.14 Å². The van der Waals surface area contributed by atoms with Crippen LogP contribution in [0.3, 0.4) is 0 Å². The molecule has 0 unspecified atom stereocenters. The maximum atomic E-state index is 11.2. The molecule has 0 aliphatic rings. The van der Waals surface area contributed by atoms with E-state index in [1.54, 1.807) is 25.4 Å². The summed E-state index contributed by atoms with van der Waals surface area (Å²) < 4.78 is 22.5. The second kappa shape index (κ2) is 6.47. The summed E-state index contributed by atoms with van der Waals surface area (Å²) in [4.78, 5) is 4.16. The predicted octanol–water partition coefficient (Wildman–Crippen LogP) is 2.58. The van der Waals surface area contributed by atoms with Gasteiger partial charge in [0.1, 0.15) is 0 Å². The van der Waals surface area contributed by atoms with Crippen LogP contribution in [-0.4, -0.2) is 21.7 Å². The molecule has 0 bridgehead atoms. The Morgan fingerprint density at radius 2 is 1.67 bits per heavy atom. The molecule has 0 spiro atoms. The monoisotopic (exact) mass is 300 g/mol. The van der Waals surface area contributed by atoms with Gasteiger partial charge in [-0.2, -0.15) is 0 Å². The number of rotatable bonds is 4. The first-order chi connectivity index (χ1) is 10.0. The maximum Gasteiger partial charge on any atom is 0.238 e. The zero-order valence-corrected chi connectivity index (χ0v) is 12.4. The smallest absolute Gasteiger partial charge is 0.238 e. The third-order valence-electron chi connectivity index (χ3n) is 2.91. The second-order valence-electron chi connectivity index (χ2n) is 4.47. The molecule has 2 N–H and O–H groups in total. The van der Waals surface area contributed by atoms with Gasteiger partial charge in [-0.25, -0.2) is 13.6 Å². The van der Waals surface area contributed by atoms with Gasteiger partial charge in [0, 0.05) is 18.8 Å². The van der Waals surface area contributed by atoms with Crippen LogP contribution >= 0.6 is 0 Å². The summed E-state index contributed by atoms with van der Waals surface area (Å²) in [5, 5.41) is 5.08. The van der Waals surface area contributed by atoms with E-state index in [9.17, 15) is 8.42 Å². The van der Waals surface area contributed by atoms with Gasteiger partial charge in [-0.15, -0.1) is 0 Å². The van der Waals surface area contributed by atoms with Crippen molar-refractivity contribution < 1.29 is 8.42 Å². The number of nitrogens with two attached hydrogens (primary N) is 1. The Bertz CT molecular complexity index is 762. The van der Waals surface area contributed by atoms with E-state index in [0.717, 1.165) is 16.7 Å². The lowest BCUT2D eigenvalue weighted by Crippen LogP contribution is -2.11. The van der Waals surface area contributed by atoms with Gasteiger partial charge in [-0.3, -0.25) is 4.99 Å². The third kappa shape index (κ3) is 4.11. The van der Waals surface area contributed by atoms with Gasteiger partial charge in [0.15, 0.2) is 0 Å². The van der Waals surface area contributed by atoms with Crippen molar-refractivity contribution >= 4 is 27.9 Å². The van der Waals surface area contributed by atoms with Crippen LogP contribution < -0.4 is 5.14 Å². The number of sulfonamides is 1. The van der Waals surface area contributed by atoms with Crippen LogP contribution in [0.25, 0.3) is 11.6 Å². The van der Waals surface area contributed by atoms with Gasteiger partial charge < -0.3 is 0 Å². The second-order valence-corrected chi connectivity index (χ2v) is 6.03. The molecular formula is C16H16N2O2S. The average molecular weight is 300 g/mol. The summed E-state index contributed by atoms with van der Waals surface area (Å²) >= 11 is 0. The lowest BCUT2D eigenvalue weighted by molar-refractivity contribution is 0.598. The first-order valence-electron chi connectivity index (χ1n) is 6.33. The maximum absolute atomic E-state index is 11.2. The van der Waals surface area contributed by atoms with Crippen LogP contribution in [0.15, 0.2) is 64.5 Å². The van der Waals surface area contributed by atoms with E-state index >= 15 is 0 Å².